The summed E-state index contributed by atoms with van der Waals surface area (Å²) in [6.45, 7) is 6.89. The molecule has 1 N–H and O–H groups in total. The molecule has 0 aliphatic heterocycles. The first-order valence-corrected chi connectivity index (χ1v) is 11.3. The van der Waals surface area contributed by atoms with Gasteiger partial charge in [-0.3, -0.25) is 9.48 Å². The average molecular weight is 422 g/mol. The maximum absolute atomic E-state index is 12.5. The third kappa shape index (κ3) is 4.32. The molecule has 0 aromatic carbocycles. The molecular weight excluding hydrogens is 390 g/mol. The molecule has 4 aliphatic carbocycles. The molecule has 1 heterocycles. The van der Waals surface area contributed by atoms with Crippen LogP contribution in [0.1, 0.15) is 68.4 Å². The van der Waals surface area contributed by atoms with E-state index < -0.39 is 5.97 Å². The fraction of sp³-hybridized carbons (Fsp3) is 0.773. The van der Waals surface area contributed by atoms with Crippen molar-refractivity contribution in [2.75, 3.05) is 13.2 Å². The predicted molar refractivity (Wildman–Crippen MR) is 111 cm³/mol. The third-order valence-corrected chi connectivity index (χ3v) is 7.35. The number of nitrogens with zero attached hydrogens (tertiary/aromatic N) is 2. The quantitative estimate of drug-likeness (QED) is 0.675. The maximum atomic E-state index is 12.5. The zero-order chi connectivity index (χ0) is 20.8. The number of nitrogens with one attached hydrogen (secondary N) is 1. The summed E-state index contributed by atoms with van der Waals surface area (Å²) >= 11 is 6.32. The summed E-state index contributed by atoms with van der Waals surface area (Å²) in [6, 6.07) is 0. The van der Waals surface area contributed by atoms with Crippen molar-refractivity contribution in [1.82, 2.24) is 15.1 Å². The van der Waals surface area contributed by atoms with E-state index in [0.717, 1.165) is 17.8 Å². The molecule has 5 rings (SSSR count). The van der Waals surface area contributed by atoms with Crippen molar-refractivity contribution in [3.05, 3.63) is 16.4 Å². The van der Waals surface area contributed by atoms with Gasteiger partial charge in [-0.05, 0) is 74.5 Å². The first-order valence-electron chi connectivity index (χ1n) is 10.9. The monoisotopic (exact) mass is 421 g/mol. The zero-order valence-electron chi connectivity index (χ0n) is 17.7. The molecule has 0 spiro atoms. The van der Waals surface area contributed by atoms with Gasteiger partial charge in [0.15, 0.2) is 6.61 Å². The van der Waals surface area contributed by atoms with E-state index in [1.165, 1.54) is 38.5 Å². The van der Waals surface area contributed by atoms with Crippen molar-refractivity contribution >= 4 is 23.5 Å². The van der Waals surface area contributed by atoms with E-state index in [4.69, 9.17) is 16.3 Å². The average Bonchev–Trinajstić information content (AvgIpc) is 2.89. The lowest BCUT2D eigenvalue weighted by Crippen LogP contribution is -2.51. The molecule has 1 aromatic rings. The SMILES string of the molecule is Cc1nn(CC(C)C)c(Cl)c1C(=O)OCC(=O)NCC12CC3CC(CC(C3)C1)C2. The summed E-state index contributed by atoms with van der Waals surface area (Å²) in [5, 5.41) is 7.63. The van der Waals surface area contributed by atoms with E-state index in [0.29, 0.717) is 24.7 Å². The van der Waals surface area contributed by atoms with Crippen LogP contribution in [0.4, 0.5) is 0 Å². The Morgan fingerprint density at radius 2 is 1.79 bits per heavy atom. The number of ether oxygens (including phenoxy) is 1. The minimum absolute atomic E-state index is 0.238. The van der Waals surface area contributed by atoms with Crippen molar-refractivity contribution in [1.29, 1.82) is 0 Å². The van der Waals surface area contributed by atoms with Gasteiger partial charge in [-0.2, -0.15) is 5.10 Å². The molecule has 4 bridgehead atoms. The third-order valence-electron chi connectivity index (χ3n) is 6.97. The molecule has 160 valence electrons. The highest BCUT2D eigenvalue weighted by Crippen LogP contribution is 2.59. The first-order chi connectivity index (χ1) is 13.7. The van der Waals surface area contributed by atoms with Crippen LogP contribution in [0.2, 0.25) is 5.15 Å². The molecule has 29 heavy (non-hydrogen) atoms. The van der Waals surface area contributed by atoms with Gasteiger partial charge in [0.25, 0.3) is 5.91 Å². The molecule has 4 saturated carbocycles. The summed E-state index contributed by atoms with van der Waals surface area (Å²) in [6.07, 6.45) is 7.87. The first kappa shape index (κ1) is 20.7. The highest BCUT2D eigenvalue weighted by Gasteiger charge is 2.50. The van der Waals surface area contributed by atoms with Crippen LogP contribution < -0.4 is 5.32 Å². The molecule has 4 aliphatic rings. The summed E-state index contributed by atoms with van der Waals surface area (Å²) in [5.74, 6) is 2.08. The second-order valence-corrected chi connectivity index (χ2v) is 10.5. The summed E-state index contributed by atoms with van der Waals surface area (Å²) in [5.41, 5.74) is 1.04. The molecule has 7 heteroatoms. The van der Waals surface area contributed by atoms with Crippen LogP contribution in [0, 0.1) is 36.0 Å². The summed E-state index contributed by atoms with van der Waals surface area (Å²) < 4.78 is 6.87. The highest BCUT2D eigenvalue weighted by atomic mass is 35.5. The van der Waals surface area contributed by atoms with Crippen LogP contribution >= 0.6 is 11.6 Å². The molecule has 4 fully saturated rings. The largest absolute Gasteiger partial charge is 0.452 e. The lowest BCUT2D eigenvalue weighted by atomic mass is 9.49. The highest BCUT2D eigenvalue weighted by molar-refractivity contribution is 6.32. The van der Waals surface area contributed by atoms with E-state index >= 15 is 0 Å². The molecule has 0 saturated heterocycles. The van der Waals surface area contributed by atoms with Gasteiger partial charge in [0, 0.05) is 13.1 Å². The number of amides is 1. The topological polar surface area (TPSA) is 73.2 Å². The molecular formula is C22H32ClN3O3. The van der Waals surface area contributed by atoms with Gasteiger partial charge in [0.1, 0.15) is 10.7 Å². The number of aromatic nitrogens is 2. The Bertz CT molecular complexity index is 766. The number of hydrogen-bond donors (Lipinski definition) is 1. The fourth-order valence-corrected chi connectivity index (χ4v) is 6.62. The molecule has 0 unspecified atom stereocenters. The Hall–Kier alpha value is -1.56. The molecule has 1 aromatic heterocycles. The van der Waals surface area contributed by atoms with Crippen molar-refractivity contribution in [3.8, 4) is 0 Å². The van der Waals surface area contributed by atoms with Gasteiger partial charge in [-0.15, -0.1) is 0 Å². The smallest absolute Gasteiger partial charge is 0.343 e. The number of carbonyl (C=O) groups is 2. The van der Waals surface area contributed by atoms with Gasteiger partial charge in [-0.1, -0.05) is 25.4 Å². The van der Waals surface area contributed by atoms with Crippen molar-refractivity contribution in [3.63, 3.8) is 0 Å². The van der Waals surface area contributed by atoms with Gasteiger partial charge >= 0.3 is 5.97 Å². The molecule has 1 amide bonds. The lowest BCUT2D eigenvalue weighted by Gasteiger charge is -2.56. The molecule has 0 atom stereocenters. The Kier molecular flexibility index (Phi) is 5.66. The van der Waals surface area contributed by atoms with E-state index in [1.54, 1.807) is 11.6 Å². The van der Waals surface area contributed by atoms with Crippen molar-refractivity contribution < 1.29 is 14.3 Å². The van der Waals surface area contributed by atoms with Crippen LogP contribution in [0.25, 0.3) is 0 Å². The second-order valence-electron chi connectivity index (χ2n) is 10.1. The number of aryl methyl sites for hydroxylation is 1. The number of hydrogen-bond acceptors (Lipinski definition) is 4. The van der Waals surface area contributed by atoms with E-state index in [2.05, 4.69) is 24.3 Å². The van der Waals surface area contributed by atoms with Crippen molar-refractivity contribution in [2.45, 2.75) is 65.8 Å². The Morgan fingerprint density at radius 1 is 1.21 bits per heavy atom. The Balaban J connectivity index is 1.29. The normalized spacial score (nSPS) is 30.0. The number of rotatable bonds is 7. The standard InChI is InChI=1S/C22H32ClN3O3/c1-13(2)10-26-20(23)19(14(3)25-26)21(28)29-11-18(27)24-12-22-7-15-4-16(8-22)6-17(5-15)9-22/h13,15-17H,4-12H2,1-3H3,(H,24,27). The van der Waals surface area contributed by atoms with E-state index in [1.807, 2.05) is 0 Å². The number of halogens is 1. The fourth-order valence-electron chi connectivity index (χ4n) is 6.30. The summed E-state index contributed by atoms with van der Waals surface area (Å²) in [7, 11) is 0. The molecule has 6 nitrogen and oxygen atoms in total. The van der Waals surface area contributed by atoms with Crippen LogP contribution in [-0.4, -0.2) is 34.8 Å². The van der Waals surface area contributed by atoms with Gasteiger partial charge < -0.3 is 10.1 Å². The van der Waals surface area contributed by atoms with Gasteiger partial charge in [0.05, 0.1) is 5.69 Å². The predicted octanol–water partition coefficient (Wildman–Crippen LogP) is 3.99. The van der Waals surface area contributed by atoms with Crippen LogP contribution in [0.15, 0.2) is 0 Å². The van der Waals surface area contributed by atoms with Gasteiger partial charge in [-0.25, -0.2) is 4.79 Å². The Morgan fingerprint density at radius 3 is 2.34 bits per heavy atom. The number of esters is 1. The summed E-state index contributed by atoms with van der Waals surface area (Å²) in [4.78, 5) is 24.8. The minimum Gasteiger partial charge on any atom is -0.452 e. The second kappa shape index (κ2) is 7.93. The van der Waals surface area contributed by atoms with Gasteiger partial charge in [0.2, 0.25) is 0 Å². The van der Waals surface area contributed by atoms with Crippen LogP contribution in [-0.2, 0) is 16.1 Å². The lowest BCUT2D eigenvalue weighted by molar-refractivity contribution is -0.126. The van der Waals surface area contributed by atoms with Crippen LogP contribution in [0.5, 0.6) is 0 Å². The zero-order valence-corrected chi connectivity index (χ0v) is 18.4. The molecule has 0 radical (unpaired) electrons. The van der Waals surface area contributed by atoms with Crippen LogP contribution in [0.3, 0.4) is 0 Å². The van der Waals surface area contributed by atoms with E-state index in [-0.39, 0.29) is 28.6 Å². The minimum atomic E-state index is -0.590. The van der Waals surface area contributed by atoms with E-state index in [9.17, 15) is 9.59 Å². The Labute approximate surface area is 177 Å². The number of carbonyl (C=O) groups excluding carboxylic acids is 2. The van der Waals surface area contributed by atoms with Crippen molar-refractivity contribution in [2.24, 2.45) is 29.1 Å². The maximum Gasteiger partial charge on any atom is 0.343 e.